The van der Waals surface area contributed by atoms with Gasteiger partial charge in [-0.3, -0.25) is 9.59 Å². The average Bonchev–Trinajstić information content (AvgIpc) is 2.66. The van der Waals surface area contributed by atoms with Gasteiger partial charge in [0.05, 0.1) is 0 Å². The van der Waals surface area contributed by atoms with Crippen LogP contribution in [0.2, 0.25) is 0 Å². The molecule has 2 rings (SSSR count). The predicted octanol–water partition coefficient (Wildman–Crippen LogP) is 0.447. The molecule has 1 aromatic heterocycles. The molecule has 8 heteroatoms. The van der Waals surface area contributed by atoms with Crippen LogP contribution in [0.1, 0.15) is 26.7 Å². The van der Waals surface area contributed by atoms with E-state index in [4.69, 9.17) is 4.74 Å². The molecule has 1 aliphatic heterocycles. The number of nitrogens with one attached hydrogen (secondary N) is 1. The third-order valence-corrected chi connectivity index (χ3v) is 4.14. The van der Waals surface area contributed by atoms with Gasteiger partial charge >= 0.3 is 0 Å². The van der Waals surface area contributed by atoms with Crippen molar-refractivity contribution in [2.45, 2.75) is 32.8 Å². The summed E-state index contributed by atoms with van der Waals surface area (Å²) in [5, 5.41) is 2.78. The first kappa shape index (κ1) is 19.1. The Morgan fingerprint density at radius 2 is 1.88 bits per heavy atom. The molecule has 1 aliphatic rings. The van der Waals surface area contributed by atoms with Crippen LogP contribution in [-0.2, 0) is 14.3 Å². The SMILES string of the molecule is CCO[C@H](CC)C(=O)NCCC(=O)N1CCN(c2ncccn2)CC1. The smallest absolute Gasteiger partial charge is 0.249 e. The van der Waals surface area contributed by atoms with Crippen LogP contribution in [0.4, 0.5) is 5.95 Å². The van der Waals surface area contributed by atoms with E-state index >= 15 is 0 Å². The molecule has 25 heavy (non-hydrogen) atoms. The molecule has 0 radical (unpaired) electrons. The van der Waals surface area contributed by atoms with Gasteiger partial charge in [0.15, 0.2) is 0 Å². The molecule has 2 amide bonds. The second-order valence-electron chi connectivity index (χ2n) is 5.81. The molecule has 1 aromatic rings. The average molecular weight is 349 g/mol. The van der Waals surface area contributed by atoms with E-state index in [1.54, 1.807) is 18.5 Å². The van der Waals surface area contributed by atoms with Gasteiger partial charge in [-0.25, -0.2) is 9.97 Å². The number of hydrogen-bond acceptors (Lipinski definition) is 6. The topological polar surface area (TPSA) is 87.7 Å². The zero-order valence-electron chi connectivity index (χ0n) is 15.0. The molecule has 1 fully saturated rings. The number of nitrogens with zero attached hydrogens (tertiary/aromatic N) is 4. The lowest BCUT2D eigenvalue weighted by Gasteiger charge is -2.34. The minimum absolute atomic E-state index is 0.0541. The first-order valence-corrected chi connectivity index (χ1v) is 8.84. The number of carbonyl (C=O) groups excluding carboxylic acids is 2. The molecule has 0 unspecified atom stereocenters. The predicted molar refractivity (Wildman–Crippen MR) is 94.2 cm³/mol. The fourth-order valence-corrected chi connectivity index (χ4v) is 2.76. The lowest BCUT2D eigenvalue weighted by Crippen LogP contribution is -2.50. The summed E-state index contributed by atoms with van der Waals surface area (Å²) in [7, 11) is 0. The van der Waals surface area contributed by atoms with Gasteiger partial charge in [0.2, 0.25) is 17.8 Å². The maximum atomic E-state index is 12.3. The Hall–Kier alpha value is -2.22. The van der Waals surface area contributed by atoms with Crippen LogP contribution in [0.15, 0.2) is 18.5 Å². The first-order valence-electron chi connectivity index (χ1n) is 8.84. The molecule has 8 nitrogen and oxygen atoms in total. The number of ether oxygens (including phenoxy) is 1. The number of aromatic nitrogens is 2. The van der Waals surface area contributed by atoms with Crippen molar-refractivity contribution < 1.29 is 14.3 Å². The van der Waals surface area contributed by atoms with Crippen molar-refractivity contribution in [1.29, 1.82) is 0 Å². The number of piperazine rings is 1. The minimum atomic E-state index is -0.436. The third kappa shape index (κ3) is 5.67. The second-order valence-corrected chi connectivity index (χ2v) is 5.81. The summed E-state index contributed by atoms with van der Waals surface area (Å²) >= 11 is 0. The molecule has 1 N–H and O–H groups in total. The van der Waals surface area contributed by atoms with E-state index < -0.39 is 6.10 Å². The van der Waals surface area contributed by atoms with Crippen LogP contribution >= 0.6 is 0 Å². The minimum Gasteiger partial charge on any atom is -0.369 e. The van der Waals surface area contributed by atoms with E-state index in [1.807, 2.05) is 18.7 Å². The third-order valence-electron chi connectivity index (χ3n) is 4.14. The molecule has 0 bridgehead atoms. The van der Waals surface area contributed by atoms with Crippen molar-refractivity contribution >= 4 is 17.8 Å². The van der Waals surface area contributed by atoms with Gasteiger partial charge in [-0.2, -0.15) is 0 Å². The summed E-state index contributed by atoms with van der Waals surface area (Å²) in [6.45, 7) is 7.31. The number of hydrogen-bond donors (Lipinski definition) is 1. The van der Waals surface area contributed by atoms with E-state index in [0.717, 1.165) is 0 Å². The molecular weight excluding hydrogens is 322 g/mol. The fourth-order valence-electron chi connectivity index (χ4n) is 2.76. The van der Waals surface area contributed by atoms with E-state index in [2.05, 4.69) is 20.2 Å². The molecule has 0 spiro atoms. The number of amides is 2. The second kappa shape index (κ2) is 9.93. The molecule has 0 aliphatic carbocycles. The zero-order valence-corrected chi connectivity index (χ0v) is 15.0. The Kier molecular flexibility index (Phi) is 7.59. The lowest BCUT2D eigenvalue weighted by molar-refractivity contribution is -0.133. The summed E-state index contributed by atoms with van der Waals surface area (Å²) < 4.78 is 5.36. The van der Waals surface area contributed by atoms with E-state index in [0.29, 0.717) is 58.1 Å². The van der Waals surface area contributed by atoms with Gasteiger partial charge in [-0.15, -0.1) is 0 Å². The molecular formula is C17H27N5O3. The van der Waals surface area contributed by atoms with Crippen molar-refractivity contribution in [2.75, 3.05) is 44.2 Å². The largest absolute Gasteiger partial charge is 0.369 e. The van der Waals surface area contributed by atoms with Crippen molar-refractivity contribution in [3.8, 4) is 0 Å². The van der Waals surface area contributed by atoms with E-state index in [1.165, 1.54) is 0 Å². The highest BCUT2D eigenvalue weighted by Gasteiger charge is 2.22. The monoisotopic (exact) mass is 349 g/mol. The quantitative estimate of drug-likeness (QED) is 0.733. The summed E-state index contributed by atoms with van der Waals surface area (Å²) in [4.78, 5) is 36.6. The van der Waals surface area contributed by atoms with Gasteiger partial charge < -0.3 is 19.9 Å². The summed E-state index contributed by atoms with van der Waals surface area (Å²) in [6, 6.07) is 1.78. The maximum Gasteiger partial charge on any atom is 0.249 e. The van der Waals surface area contributed by atoms with E-state index in [9.17, 15) is 9.59 Å². The van der Waals surface area contributed by atoms with Crippen molar-refractivity contribution in [1.82, 2.24) is 20.2 Å². The van der Waals surface area contributed by atoms with Crippen LogP contribution in [0.25, 0.3) is 0 Å². The number of anilines is 1. The van der Waals surface area contributed by atoms with Gasteiger partial charge in [0, 0.05) is 58.1 Å². The highest BCUT2D eigenvalue weighted by Crippen LogP contribution is 2.10. The maximum absolute atomic E-state index is 12.3. The number of carbonyl (C=O) groups is 2. The molecule has 0 aromatic carbocycles. The first-order chi connectivity index (χ1) is 12.2. The molecule has 2 heterocycles. The Labute approximate surface area is 148 Å². The highest BCUT2D eigenvalue weighted by atomic mass is 16.5. The molecule has 1 atom stereocenters. The Morgan fingerprint density at radius 3 is 2.48 bits per heavy atom. The summed E-state index contributed by atoms with van der Waals surface area (Å²) in [5.41, 5.74) is 0. The van der Waals surface area contributed by atoms with Crippen LogP contribution in [0.3, 0.4) is 0 Å². The summed E-state index contributed by atoms with van der Waals surface area (Å²) in [5.74, 6) is 0.602. The zero-order chi connectivity index (χ0) is 18.1. The van der Waals surface area contributed by atoms with Crippen molar-refractivity contribution in [3.05, 3.63) is 18.5 Å². The molecule has 1 saturated heterocycles. The van der Waals surface area contributed by atoms with Crippen molar-refractivity contribution in [3.63, 3.8) is 0 Å². The van der Waals surface area contributed by atoms with Gasteiger partial charge in [0.1, 0.15) is 6.10 Å². The number of rotatable bonds is 8. The van der Waals surface area contributed by atoms with Crippen molar-refractivity contribution in [2.24, 2.45) is 0 Å². The molecule has 138 valence electrons. The normalized spacial score (nSPS) is 15.8. The molecule has 0 saturated carbocycles. The highest BCUT2D eigenvalue weighted by molar-refractivity contribution is 5.82. The van der Waals surface area contributed by atoms with Gasteiger partial charge in [-0.05, 0) is 19.4 Å². The Bertz CT molecular complexity index is 546. The van der Waals surface area contributed by atoms with Crippen LogP contribution in [0, 0.1) is 0 Å². The summed E-state index contributed by atoms with van der Waals surface area (Å²) in [6.07, 6.45) is 3.92. The van der Waals surface area contributed by atoms with Crippen LogP contribution in [-0.4, -0.2) is 72.1 Å². The van der Waals surface area contributed by atoms with Gasteiger partial charge in [0.25, 0.3) is 0 Å². The van der Waals surface area contributed by atoms with Crippen LogP contribution < -0.4 is 10.2 Å². The van der Waals surface area contributed by atoms with Gasteiger partial charge in [-0.1, -0.05) is 6.92 Å². The van der Waals surface area contributed by atoms with Crippen LogP contribution in [0.5, 0.6) is 0 Å². The Morgan fingerprint density at radius 1 is 1.20 bits per heavy atom. The van der Waals surface area contributed by atoms with E-state index in [-0.39, 0.29) is 11.8 Å². The Balaban J connectivity index is 1.69. The fraction of sp³-hybridized carbons (Fsp3) is 0.647. The lowest BCUT2D eigenvalue weighted by atomic mass is 10.2. The standard InChI is InChI=1S/C17H27N5O3/c1-3-14(25-4-2)16(24)18-9-6-15(23)21-10-12-22(13-11-21)17-19-7-5-8-20-17/h5,7-8,14H,3-4,6,9-13H2,1-2H3,(H,18,24)/t14-/m1/s1.